The van der Waals surface area contributed by atoms with Gasteiger partial charge >= 0.3 is 0 Å². The summed E-state index contributed by atoms with van der Waals surface area (Å²) in [6.07, 6.45) is 1.45. The second-order valence-electron chi connectivity index (χ2n) is 5.06. The molecule has 1 N–H and O–H groups in total. The predicted octanol–water partition coefficient (Wildman–Crippen LogP) is 3.16. The summed E-state index contributed by atoms with van der Waals surface area (Å²) < 4.78 is 43.3. The van der Waals surface area contributed by atoms with Gasteiger partial charge in [-0.1, -0.05) is 35.5 Å². The van der Waals surface area contributed by atoms with Crippen molar-refractivity contribution in [2.24, 2.45) is 0 Å². The molecule has 0 aliphatic rings. The molecule has 25 heavy (non-hydrogen) atoms. The summed E-state index contributed by atoms with van der Waals surface area (Å²) in [6.45, 7) is 0. The van der Waals surface area contributed by atoms with E-state index in [9.17, 15) is 8.42 Å². The molecular formula is C17H16N2O5S. The maximum absolute atomic E-state index is 12.8. The molecule has 0 atom stereocenters. The summed E-state index contributed by atoms with van der Waals surface area (Å²) in [5, 5.41) is 3.69. The summed E-state index contributed by atoms with van der Waals surface area (Å²) in [4.78, 5) is -0.0650. The second kappa shape index (κ2) is 6.86. The van der Waals surface area contributed by atoms with Crippen molar-refractivity contribution in [1.82, 2.24) is 5.16 Å². The van der Waals surface area contributed by atoms with Crippen LogP contribution < -0.4 is 14.2 Å². The first kappa shape index (κ1) is 16.8. The molecule has 3 rings (SSSR count). The van der Waals surface area contributed by atoms with Gasteiger partial charge in [-0.15, -0.1) is 0 Å². The highest BCUT2D eigenvalue weighted by atomic mass is 32.2. The Morgan fingerprint density at radius 1 is 1.04 bits per heavy atom. The largest absolute Gasteiger partial charge is 0.497 e. The van der Waals surface area contributed by atoms with Crippen LogP contribution in [0.3, 0.4) is 0 Å². The van der Waals surface area contributed by atoms with Crippen LogP contribution in [0.1, 0.15) is 0 Å². The zero-order valence-corrected chi connectivity index (χ0v) is 14.4. The van der Waals surface area contributed by atoms with E-state index in [0.717, 1.165) is 5.56 Å². The van der Waals surface area contributed by atoms with Crippen LogP contribution in [0.25, 0.3) is 11.1 Å². The Kier molecular flexibility index (Phi) is 4.62. The lowest BCUT2D eigenvalue weighted by atomic mass is 10.1. The number of aromatic nitrogens is 1. The summed E-state index contributed by atoms with van der Waals surface area (Å²) in [5.74, 6) is 0.604. The highest BCUT2D eigenvalue weighted by Gasteiger charge is 2.24. The Morgan fingerprint density at radius 2 is 1.80 bits per heavy atom. The van der Waals surface area contributed by atoms with Gasteiger partial charge in [-0.05, 0) is 17.7 Å². The zero-order valence-electron chi connectivity index (χ0n) is 13.6. The Balaban J connectivity index is 2.00. The lowest BCUT2D eigenvalue weighted by molar-refractivity contribution is 0.392. The molecule has 0 spiro atoms. The lowest BCUT2D eigenvalue weighted by Gasteiger charge is -2.12. The van der Waals surface area contributed by atoms with Crippen LogP contribution in [0.2, 0.25) is 0 Å². The van der Waals surface area contributed by atoms with E-state index in [1.165, 1.54) is 32.5 Å². The summed E-state index contributed by atoms with van der Waals surface area (Å²) >= 11 is 0. The molecule has 0 aliphatic heterocycles. The number of anilines is 1. The molecule has 130 valence electrons. The van der Waals surface area contributed by atoms with Gasteiger partial charge in [0.25, 0.3) is 10.0 Å². The van der Waals surface area contributed by atoms with Crippen LogP contribution in [0.4, 0.5) is 5.88 Å². The lowest BCUT2D eigenvalue weighted by Crippen LogP contribution is -2.14. The SMILES string of the molecule is COc1ccc(OC)c(S(=O)(=O)Nc2oncc2-c2ccccc2)c1. The molecule has 0 bridgehead atoms. The number of hydrogen-bond acceptors (Lipinski definition) is 6. The van der Waals surface area contributed by atoms with Gasteiger partial charge < -0.3 is 14.0 Å². The normalized spacial score (nSPS) is 11.1. The highest BCUT2D eigenvalue weighted by Crippen LogP contribution is 2.33. The first-order valence-corrected chi connectivity index (χ1v) is 8.78. The quantitative estimate of drug-likeness (QED) is 0.726. The van der Waals surface area contributed by atoms with Crippen molar-refractivity contribution >= 4 is 15.9 Å². The molecule has 0 fully saturated rings. The van der Waals surface area contributed by atoms with E-state index in [2.05, 4.69) is 9.88 Å². The molecule has 0 saturated heterocycles. The molecular weight excluding hydrogens is 344 g/mol. The number of hydrogen-bond donors (Lipinski definition) is 1. The van der Waals surface area contributed by atoms with Crippen molar-refractivity contribution in [1.29, 1.82) is 0 Å². The molecule has 0 unspecified atom stereocenters. The number of nitrogens with one attached hydrogen (secondary N) is 1. The van der Waals surface area contributed by atoms with Gasteiger partial charge in [0.1, 0.15) is 16.4 Å². The van der Waals surface area contributed by atoms with Crippen molar-refractivity contribution in [3.8, 4) is 22.6 Å². The van der Waals surface area contributed by atoms with Crippen LogP contribution in [0.15, 0.2) is 64.1 Å². The van der Waals surface area contributed by atoms with Gasteiger partial charge in [-0.2, -0.15) is 0 Å². The van der Waals surface area contributed by atoms with E-state index in [-0.39, 0.29) is 16.5 Å². The van der Waals surface area contributed by atoms with E-state index in [1.54, 1.807) is 6.07 Å². The van der Waals surface area contributed by atoms with Crippen molar-refractivity contribution < 1.29 is 22.4 Å². The van der Waals surface area contributed by atoms with E-state index in [0.29, 0.717) is 11.3 Å². The third kappa shape index (κ3) is 3.43. The van der Waals surface area contributed by atoms with Crippen LogP contribution in [0, 0.1) is 0 Å². The van der Waals surface area contributed by atoms with Gasteiger partial charge in [0, 0.05) is 6.07 Å². The van der Waals surface area contributed by atoms with Crippen molar-refractivity contribution in [2.45, 2.75) is 4.90 Å². The first-order chi connectivity index (χ1) is 12.0. The van der Waals surface area contributed by atoms with Gasteiger partial charge in [-0.25, -0.2) is 13.1 Å². The summed E-state index contributed by atoms with van der Waals surface area (Å²) in [5.41, 5.74) is 1.31. The fraction of sp³-hybridized carbons (Fsp3) is 0.118. The maximum Gasteiger partial charge on any atom is 0.268 e. The van der Waals surface area contributed by atoms with Gasteiger partial charge in [0.2, 0.25) is 5.88 Å². The standard InChI is InChI=1S/C17H16N2O5S/c1-22-13-8-9-15(23-2)16(10-13)25(20,21)19-17-14(11-18-24-17)12-6-4-3-5-7-12/h3-11,19H,1-2H3. The first-order valence-electron chi connectivity index (χ1n) is 7.30. The minimum Gasteiger partial charge on any atom is -0.497 e. The molecule has 1 heterocycles. The molecule has 1 aromatic heterocycles. The zero-order chi connectivity index (χ0) is 17.9. The van der Waals surface area contributed by atoms with Crippen molar-refractivity contribution in [2.75, 3.05) is 18.9 Å². The topological polar surface area (TPSA) is 90.7 Å². The van der Waals surface area contributed by atoms with Gasteiger partial charge in [0.15, 0.2) is 0 Å². The monoisotopic (exact) mass is 360 g/mol. The van der Waals surface area contributed by atoms with Crippen LogP contribution >= 0.6 is 0 Å². The molecule has 2 aromatic carbocycles. The Hall–Kier alpha value is -3.00. The second-order valence-corrected chi connectivity index (χ2v) is 6.71. The average molecular weight is 360 g/mol. The van der Waals surface area contributed by atoms with Crippen molar-refractivity contribution in [3.63, 3.8) is 0 Å². The molecule has 7 nitrogen and oxygen atoms in total. The van der Waals surface area contributed by atoms with E-state index >= 15 is 0 Å². The molecule has 8 heteroatoms. The number of benzene rings is 2. The van der Waals surface area contributed by atoms with Gasteiger partial charge in [-0.3, -0.25) is 0 Å². The number of sulfonamides is 1. The summed E-state index contributed by atoms with van der Waals surface area (Å²) in [6, 6.07) is 13.7. The molecule has 0 aliphatic carbocycles. The van der Waals surface area contributed by atoms with E-state index < -0.39 is 10.0 Å². The van der Waals surface area contributed by atoms with Crippen LogP contribution in [-0.4, -0.2) is 27.8 Å². The molecule has 0 saturated carbocycles. The van der Waals surface area contributed by atoms with E-state index in [1.807, 2.05) is 30.3 Å². The minimum absolute atomic E-state index is 0.0241. The minimum atomic E-state index is -3.98. The third-order valence-corrected chi connectivity index (χ3v) is 4.89. The Morgan fingerprint density at radius 3 is 2.48 bits per heavy atom. The van der Waals surface area contributed by atoms with Crippen LogP contribution in [0.5, 0.6) is 11.5 Å². The fourth-order valence-corrected chi connectivity index (χ4v) is 3.50. The van der Waals surface area contributed by atoms with E-state index in [4.69, 9.17) is 14.0 Å². The third-order valence-electron chi connectivity index (χ3n) is 3.54. The number of rotatable bonds is 6. The van der Waals surface area contributed by atoms with Crippen LogP contribution in [-0.2, 0) is 10.0 Å². The Bertz CT molecular complexity index is 968. The Labute approximate surface area is 145 Å². The molecule has 0 radical (unpaired) electrons. The molecule has 0 amide bonds. The maximum atomic E-state index is 12.8. The predicted molar refractivity (Wildman–Crippen MR) is 92.3 cm³/mol. The number of methoxy groups -OCH3 is 2. The average Bonchev–Trinajstić information content (AvgIpc) is 3.09. The summed E-state index contributed by atoms with van der Waals surface area (Å²) in [7, 11) is -1.13. The number of nitrogens with zero attached hydrogens (tertiary/aromatic N) is 1. The fourth-order valence-electron chi connectivity index (χ4n) is 2.31. The van der Waals surface area contributed by atoms with Crippen molar-refractivity contribution in [3.05, 3.63) is 54.7 Å². The molecule has 3 aromatic rings. The smallest absolute Gasteiger partial charge is 0.268 e. The van der Waals surface area contributed by atoms with Gasteiger partial charge in [0.05, 0.1) is 26.0 Å². The highest BCUT2D eigenvalue weighted by molar-refractivity contribution is 7.92. The number of ether oxygens (including phenoxy) is 2.